The van der Waals surface area contributed by atoms with Gasteiger partial charge in [0.1, 0.15) is 6.61 Å². The molecule has 8 heavy (non-hydrogen) atoms. The van der Waals surface area contributed by atoms with Crippen LogP contribution in [0, 0.1) is 12.3 Å². The molecule has 0 aliphatic carbocycles. The van der Waals surface area contributed by atoms with E-state index in [4.69, 9.17) is 11.2 Å². The molecule has 1 unspecified atom stereocenters. The summed E-state index contributed by atoms with van der Waals surface area (Å²) in [7, 11) is 0. The van der Waals surface area contributed by atoms with Crippen molar-refractivity contribution in [1.29, 1.82) is 0 Å². The van der Waals surface area contributed by atoms with Gasteiger partial charge in [0, 0.05) is 0 Å². The fraction of sp³-hybridized carbons (Fsp3) is 0.429. The number of hydrogen-bond acceptors (Lipinski definition) is 1. The molecule has 0 rings (SSSR count). The summed E-state index contributed by atoms with van der Waals surface area (Å²) in [5.41, 5.74) is 0. The molecule has 0 spiro atoms. The lowest BCUT2D eigenvalue weighted by molar-refractivity contribution is 0.127. The second kappa shape index (κ2) is 4.42. The summed E-state index contributed by atoms with van der Waals surface area (Å²) >= 11 is 0. The number of rotatable bonds is 3. The minimum absolute atomic E-state index is 0.0750. The predicted molar refractivity (Wildman–Crippen MR) is 34.4 cm³/mol. The zero-order valence-corrected chi connectivity index (χ0v) is 5.05. The zero-order valence-electron chi connectivity index (χ0n) is 5.05. The lowest BCUT2D eigenvalue weighted by Crippen LogP contribution is -2.02. The third-order valence-corrected chi connectivity index (χ3v) is 0.761. The van der Waals surface area contributed by atoms with Crippen molar-refractivity contribution in [3.63, 3.8) is 0 Å². The average Bonchev–Trinajstić information content (AvgIpc) is 1.83. The molecule has 0 heterocycles. The van der Waals surface area contributed by atoms with Gasteiger partial charge in [-0.3, -0.25) is 0 Å². The van der Waals surface area contributed by atoms with Crippen LogP contribution in [0.2, 0.25) is 0 Å². The van der Waals surface area contributed by atoms with E-state index in [0.717, 1.165) is 0 Å². The van der Waals surface area contributed by atoms with Crippen LogP contribution in [0.1, 0.15) is 6.92 Å². The standard InChI is InChI=1S/C7H10O/c1-4-6-8-7(3)5-2/h1,5,7H,2,6H2,3H3. The number of terminal acetylenes is 1. The van der Waals surface area contributed by atoms with E-state index in [-0.39, 0.29) is 6.10 Å². The van der Waals surface area contributed by atoms with Crippen molar-refractivity contribution in [2.24, 2.45) is 0 Å². The Labute approximate surface area is 50.4 Å². The van der Waals surface area contributed by atoms with Gasteiger partial charge in [-0.2, -0.15) is 0 Å². The molecule has 0 aliphatic heterocycles. The van der Waals surface area contributed by atoms with Crippen molar-refractivity contribution in [2.75, 3.05) is 6.61 Å². The van der Waals surface area contributed by atoms with Gasteiger partial charge in [0.2, 0.25) is 0 Å². The molecule has 0 aromatic heterocycles. The van der Waals surface area contributed by atoms with E-state index in [9.17, 15) is 0 Å². The smallest absolute Gasteiger partial charge is 0.108 e. The van der Waals surface area contributed by atoms with Gasteiger partial charge in [0.25, 0.3) is 0 Å². The summed E-state index contributed by atoms with van der Waals surface area (Å²) in [6.07, 6.45) is 6.70. The van der Waals surface area contributed by atoms with Gasteiger partial charge in [0.05, 0.1) is 6.10 Å². The summed E-state index contributed by atoms with van der Waals surface area (Å²) in [5, 5.41) is 0. The molecule has 1 heteroatoms. The Hall–Kier alpha value is -0.740. The Balaban J connectivity index is 3.13. The molecule has 0 radical (unpaired) electrons. The van der Waals surface area contributed by atoms with Crippen molar-refractivity contribution < 1.29 is 4.74 Å². The number of hydrogen-bond donors (Lipinski definition) is 0. The maximum atomic E-state index is 4.99. The van der Waals surface area contributed by atoms with Crippen LogP contribution < -0.4 is 0 Å². The van der Waals surface area contributed by atoms with E-state index in [2.05, 4.69) is 12.5 Å². The highest BCUT2D eigenvalue weighted by molar-refractivity contribution is 4.85. The first kappa shape index (κ1) is 7.26. The van der Waals surface area contributed by atoms with E-state index in [1.807, 2.05) is 6.92 Å². The van der Waals surface area contributed by atoms with E-state index < -0.39 is 0 Å². The van der Waals surface area contributed by atoms with Crippen molar-refractivity contribution in [1.82, 2.24) is 0 Å². The monoisotopic (exact) mass is 110 g/mol. The molecule has 0 bridgehead atoms. The quantitative estimate of drug-likeness (QED) is 0.392. The maximum Gasteiger partial charge on any atom is 0.108 e. The fourth-order valence-electron chi connectivity index (χ4n) is 0.248. The molecule has 0 saturated heterocycles. The highest BCUT2D eigenvalue weighted by Gasteiger charge is 1.89. The Morgan fingerprint density at radius 2 is 2.62 bits per heavy atom. The molecule has 0 saturated carbocycles. The fourth-order valence-corrected chi connectivity index (χ4v) is 0.248. The van der Waals surface area contributed by atoms with Gasteiger partial charge < -0.3 is 4.74 Å². The lowest BCUT2D eigenvalue weighted by atomic mass is 10.4. The molecule has 0 amide bonds. The van der Waals surface area contributed by atoms with Crippen molar-refractivity contribution in [2.45, 2.75) is 13.0 Å². The molecule has 0 fully saturated rings. The molecule has 0 N–H and O–H groups in total. The van der Waals surface area contributed by atoms with Crippen molar-refractivity contribution in [3.8, 4) is 12.3 Å². The topological polar surface area (TPSA) is 9.23 Å². The van der Waals surface area contributed by atoms with Crippen LogP contribution in [0.4, 0.5) is 0 Å². The second-order valence-corrected chi connectivity index (χ2v) is 1.46. The van der Waals surface area contributed by atoms with Crippen LogP contribution >= 0.6 is 0 Å². The van der Waals surface area contributed by atoms with E-state index in [1.54, 1.807) is 6.08 Å². The van der Waals surface area contributed by atoms with Crippen LogP contribution in [0.25, 0.3) is 0 Å². The molecular formula is C7H10O. The zero-order chi connectivity index (χ0) is 6.41. The SMILES string of the molecule is C#CCOC(C)C=C. The summed E-state index contributed by atoms with van der Waals surface area (Å²) < 4.78 is 4.99. The molecular weight excluding hydrogens is 100 g/mol. The summed E-state index contributed by atoms with van der Waals surface area (Å²) in [6.45, 7) is 5.78. The Morgan fingerprint density at radius 3 is 3.00 bits per heavy atom. The van der Waals surface area contributed by atoms with E-state index >= 15 is 0 Å². The van der Waals surface area contributed by atoms with Crippen LogP contribution in [-0.2, 0) is 4.74 Å². The first-order valence-corrected chi connectivity index (χ1v) is 2.49. The molecule has 0 aromatic rings. The van der Waals surface area contributed by atoms with Gasteiger partial charge in [-0.1, -0.05) is 12.0 Å². The Bertz CT molecular complexity index is 99.4. The van der Waals surface area contributed by atoms with E-state index in [0.29, 0.717) is 6.61 Å². The highest BCUT2D eigenvalue weighted by Crippen LogP contribution is 1.87. The van der Waals surface area contributed by atoms with Crippen molar-refractivity contribution >= 4 is 0 Å². The van der Waals surface area contributed by atoms with E-state index in [1.165, 1.54) is 0 Å². The highest BCUT2D eigenvalue weighted by atomic mass is 16.5. The van der Waals surface area contributed by atoms with Gasteiger partial charge in [-0.05, 0) is 6.92 Å². The third-order valence-electron chi connectivity index (χ3n) is 0.761. The summed E-state index contributed by atoms with van der Waals surface area (Å²) in [5.74, 6) is 2.36. The largest absolute Gasteiger partial charge is 0.362 e. The second-order valence-electron chi connectivity index (χ2n) is 1.46. The lowest BCUT2D eigenvalue weighted by Gasteiger charge is -2.01. The Kier molecular flexibility index (Phi) is 4.01. The minimum atomic E-state index is 0.0750. The first-order valence-electron chi connectivity index (χ1n) is 2.49. The van der Waals surface area contributed by atoms with Crippen LogP contribution in [-0.4, -0.2) is 12.7 Å². The molecule has 1 atom stereocenters. The van der Waals surface area contributed by atoms with Crippen LogP contribution in [0.3, 0.4) is 0 Å². The molecule has 1 nitrogen and oxygen atoms in total. The molecule has 44 valence electrons. The maximum absolute atomic E-state index is 4.99. The molecule has 0 aromatic carbocycles. The summed E-state index contributed by atoms with van der Waals surface area (Å²) in [4.78, 5) is 0. The van der Waals surface area contributed by atoms with Gasteiger partial charge in [-0.15, -0.1) is 13.0 Å². The van der Waals surface area contributed by atoms with Gasteiger partial charge in [-0.25, -0.2) is 0 Å². The van der Waals surface area contributed by atoms with Crippen LogP contribution in [0.15, 0.2) is 12.7 Å². The van der Waals surface area contributed by atoms with Gasteiger partial charge in [0.15, 0.2) is 0 Å². The Morgan fingerprint density at radius 1 is 2.00 bits per heavy atom. The first-order chi connectivity index (χ1) is 3.81. The van der Waals surface area contributed by atoms with Crippen molar-refractivity contribution in [3.05, 3.63) is 12.7 Å². The normalized spacial score (nSPS) is 12.0. The van der Waals surface area contributed by atoms with Crippen LogP contribution in [0.5, 0.6) is 0 Å². The van der Waals surface area contributed by atoms with Gasteiger partial charge >= 0.3 is 0 Å². The predicted octanol–water partition coefficient (Wildman–Crippen LogP) is 1.21. The summed E-state index contributed by atoms with van der Waals surface area (Å²) in [6, 6.07) is 0. The number of ether oxygens (including phenoxy) is 1. The average molecular weight is 110 g/mol. The minimum Gasteiger partial charge on any atom is -0.362 e. The third kappa shape index (κ3) is 3.45. The molecule has 0 aliphatic rings.